The molecule has 16 heavy (non-hydrogen) atoms. The Balaban J connectivity index is 2.59. The highest BCUT2D eigenvalue weighted by Gasteiger charge is 2.15. The number of carbonyl (C=O) groups is 1. The molecule has 0 heterocycles. The molecule has 0 aliphatic rings. The van der Waals surface area contributed by atoms with Gasteiger partial charge in [0.25, 0.3) is 0 Å². The summed E-state index contributed by atoms with van der Waals surface area (Å²) in [6, 6.07) is 10.0. The lowest BCUT2D eigenvalue weighted by Crippen LogP contribution is -2.24. The van der Waals surface area contributed by atoms with E-state index in [0.717, 1.165) is 0 Å². The van der Waals surface area contributed by atoms with Crippen LogP contribution in [0.3, 0.4) is 0 Å². The first-order chi connectivity index (χ1) is 7.53. The van der Waals surface area contributed by atoms with Crippen molar-refractivity contribution < 1.29 is 13.2 Å². The Labute approximate surface area is 93.6 Å². The summed E-state index contributed by atoms with van der Waals surface area (Å²) in [5, 5.41) is 10.7. The minimum atomic E-state index is -3.62. The number of nitrogens with one attached hydrogen (secondary N) is 1. The lowest BCUT2D eigenvalue weighted by Gasteiger charge is -2.03. The number of amides is 1. The van der Waals surface area contributed by atoms with Crippen molar-refractivity contribution in [3.05, 3.63) is 30.3 Å². The van der Waals surface area contributed by atoms with Crippen LogP contribution in [0.1, 0.15) is 0 Å². The highest BCUT2D eigenvalue weighted by Crippen LogP contribution is 2.05. The molecule has 0 saturated carbocycles. The number of para-hydroxylation sites is 1. The van der Waals surface area contributed by atoms with Gasteiger partial charge in [-0.15, -0.1) is 0 Å². The molecule has 5 nitrogen and oxygen atoms in total. The summed E-state index contributed by atoms with van der Waals surface area (Å²) in [5.74, 6) is -1.95. The minimum absolute atomic E-state index is 0.527. The number of nitrogens with zero attached hydrogens (tertiary/aromatic N) is 1. The normalized spacial score (nSPS) is 10.4. The molecule has 0 fully saturated rings. The first-order valence-corrected chi connectivity index (χ1v) is 6.28. The fourth-order valence-corrected chi connectivity index (χ4v) is 1.84. The van der Waals surface area contributed by atoms with Gasteiger partial charge in [0.05, 0.1) is 6.07 Å². The van der Waals surface area contributed by atoms with E-state index in [9.17, 15) is 13.2 Å². The van der Waals surface area contributed by atoms with Gasteiger partial charge in [0.15, 0.2) is 9.84 Å². The Morgan fingerprint density at radius 1 is 1.31 bits per heavy atom. The van der Waals surface area contributed by atoms with Gasteiger partial charge >= 0.3 is 0 Å². The third kappa shape index (κ3) is 4.11. The third-order valence-corrected chi connectivity index (χ3v) is 2.96. The first kappa shape index (κ1) is 12.2. The smallest absolute Gasteiger partial charge is 0.239 e. The number of rotatable bonds is 4. The van der Waals surface area contributed by atoms with Crippen molar-refractivity contribution in [2.24, 2.45) is 0 Å². The molecule has 1 aromatic carbocycles. The Kier molecular flexibility index (Phi) is 4.03. The summed E-state index contributed by atoms with van der Waals surface area (Å²) in [7, 11) is -3.62. The summed E-state index contributed by atoms with van der Waals surface area (Å²) < 4.78 is 22.3. The zero-order chi connectivity index (χ0) is 12.0. The highest BCUT2D eigenvalue weighted by molar-refractivity contribution is 7.92. The number of sulfone groups is 1. The molecule has 0 aliphatic carbocycles. The molecule has 1 rings (SSSR count). The minimum Gasteiger partial charge on any atom is -0.325 e. The number of hydrogen-bond acceptors (Lipinski definition) is 4. The van der Waals surface area contributed by atoms with Crippen molar-refractivity contribution >= 4 is 21.4 Å². The van der Waals surface area contributed by atoms with Crippen LogP contribution in [0.15, 0.2) is 30.3 Å². The van der Waals surface area contributed by atoms with E-state index in [1.54, 1.807) is 30.3 Å². The monoisotopic (exact) mass is 238 g/mol. The Hall–Kier alpha value is -1.87. The summed E-state index contributed by atoms with van der Waals surface area (Å²) >= 11 is 0. The average molecular weight is 238 g/mol. The van der Waals surface area contributed by atoms with Crippen molar-refractivity contribution in [3.63, 3.8) is 0 Å². The van der Waals surface area contributed by atoms with Crippen LogP contribution in [-0.2, 0) is 14.6 Å². The molecule has 1 aromatic rings. The number of carbonyl (C=O) groups excluding carboxylic acids is 1. The molecule has 0 bridgehead atoms. The third-order valence-electron chi connectivity index (χ3n) is 1.69. The largest absolute Gasteiger partial charge is 0.325 e. The van der Waals surface area contributed by atoms with E-state index >= 15 is 0 Å². The van der Waals surface area contributed by atoms with Crippen LogP contribution >= 0.6 is 0 Å². The SMILES string of the molecule is N#CCS(=O)(=O)CC(=O)Nc1ccccc1. The average Bonchev–Trinajstić information content (AvgIpc) is 2.17. The molecule has 1 N–H and O–H groups in total. The maximum absolute atomic E-state index is 11.3. The van der Waals surface area contributed by atoms with Crippen LogP contribution in [0.5, 0.6) is 0 Å². The molecule has 0 aromatic heterocycles. The number of nitriles is 1. The highest BCUT2D eigenvalue weighted by atomic mass is 32.2. The van der Waals surface area contributed by atoms with Gasteiger partial charge in [-0.2, -0.15) is 5.26 Å². The summed E-state index contributed by atoms with van der Waals surface area (Å²) in [5.41, 5.74) is 0.527. The van der Waals surface area contributed by atoms with Crippen LogP contribution in [-0.4, -0.2) is 25.8 Å². The molecule has 0 radical (unpaired) electrons. The maximum atomic E-state index is 11.3. The Morgan fingerprint density at radius 2 is 1.94 bits per heavy atom. The van der Waals surface area contributed by atoms with E-state index in [-0.39, 0.29) is 0 Å². The molecule has 0 aliphatic heterocycles. The van der Waals surface area contributed by atoms with Gasteiger partial charge < -0.3 is 5.32 Å². The van der Waals surface area contributed by atoms with Crippen molar-refractivity contribution in [1.82, 2.24) is 0 Å². The van der Waals surface area contributed by atoms with Crippen molar-refractivity contribution in [2.75, 3.05) is 16.8 Å². The molecule has 0 atom stereocenters. The van der Waals surface area contributed by atoms with E-state index in [0.29, 0.717) is 5.69 Å². The van der Waals surface area contributed by atoms with Gasteiger partial charge in [0.1, 0.15) is 11.5 Å². The quantitative estimate of drug-likeness (QED) is 0.830. The molecule has 0 spiro atoms. The van der Waals surface area contributed by atoms with Crippen molar-refractivity contribution in [1.29, 1.82) is 5.26 Å². The van der Waals surface area contributed by atoms with E-state index in [2.05, 4.69) is 5.32 Å². The van der Waals surface area contributed by atoms with Crippen LogP contribution in [0.4, 0.5) is 5.69 Å². The lowest BCUT2D eigenvalue weighted by molar-refractivity contribution is -0.113. The fraction of sp³-hybridized carbons (Fsp3) is 0.200. The van der Waals surface area contributed by atoms with E-state index in [4.69, 9.17) is 5.26 Å². The molecule has 6 heteroatoms. The Morgan fingerprint density at radius 3 is 2.50 bits per heavy atom. The Bertz CT molecular complexity index is 503. The molecule has 1 amide bonds. The van der Waals surface area contributed by atoms with Gasteiger partial charge in [0.2, 0.25) is 5.91 Å². The van der Waals surface area contributed by atoms with Crippen LogP contribution in [0.25, 0.3) is 0 Å². The van der Waals surface area contributed by atoms with E-state index < -0.39 is 27.3 Å². The second kappa shape index (κ2) is 5.28. The topological polar surface area (TPSA) is 87.0 Å². The molecular formula is C10H10N2O3S. The molecule has 0 unspecified atom stereocenters. The summed E-state index contributed by atoms with van der Waals surface area (Å²) in [6.07, 6.45) is 0. The summed E-state index contributed by atoms with van der Waals surface area (Å²) in [6.45, 7) is 0. The van der Waals surface area contributed by atoms with E-state index in [1.807, 2.05) is 0 Å². The predicted molar refractivity (Wildman–Crippen MR) is 59.3 cm³/mol. The standard InChI is InChI=1S/C10H10N2O3S/c11-6-7-16(14,15)8-10(13)12-9-4-2-1-3-5-9/h1-5H,7-8H2,(H,12,13). The van der Waals surface area contributed by atoms with Gasteiger partial charge in [-0.3, -0.25) is 4.79 Å². The number of hydrogen-bond donors (Lipinski definition) is 1. The molecule has 0 saturated heterocycles. The van der Waals surface area contributed by atoms with Gasteiger partial charge in [-0.05, 0) is 12.1 Å². The van der Waals surface area contributed by atoms with Gasteiger partial charge in [0, 0.05) is 5.69 Å². The molecule has 84 valence electrons. The van der Waals surface area contributed by atoms with Gasteiger partial charge in [-0.1, -0.05) is 18.2 Å². The first-order valence-electron chi connectivity index (χ1n) is 4.46. The molecular weight excluding hydrogens is 228 g/mol. The second-order valence-corrected chi connectivity index (χ2v) is 5.17. The number of benzene rings is 1. The second-order valence-electron chi connectivity index (χ2n) is 3.10. The van der Waals surface area contributed by atoms with Crippen LogP contribution in [0.2, 0.25) is 0 Å². The zero-order valence-electron chi connectivity index (χ0n) is 8.38. The van der Waals surface area contributed by atoms with Crippen LogP contribution in [0, 0.1) is 11.3 Å². The number of anilines is 1. The lowest BCUT2D eigenvalue weighted by atomic mass is 10.3. The van der Waals surface area contributed by atoms with Crippen molar-refractivity contribution in [2.45, 2.75) is 0 Å². The van der Waals surface area contributed by atoms with Crippen LogP contribution < -0.4 is 5.32 Å². The fourth-order valence-electron chi connectivity index (χ4n) is 1.07. The van der Waals surface area contributed by atoms with Gasteiger partial charge in [-0.25, -0.2) is 8.42 Å². The zero-order valence-corrected chi connectivity index (χ0v) is 9.20. The summed E-state index contributed by atoms with van der Waals surface area (Å²) in [4.78, 5) is 11.3. The van der Waals surface area contributed by atoms with Crippen molar-refractivity contribution in [3.8, 4) is 6.07 Å². The predicted octanol–water partition coefficient (Wildman–Crippen LogP) is 0.563. The maximum Gasteiger partial charge on any atom is 0.239 e. The van der Waals surface area contributed by atoms with E-state index in [1.165, 1.54) is 6.07 Å².